The summed E-state index contributed by atoms with van der Waals surface area (Å²) < 4.78 is 0. The zero-order chi connectivity index (χ0) is 20.9. The number of amidine groups is 2. The van der Waals surface area contributed by atoms with Crippen molar-refractivity contribution in [3.05, 3.63) is 90.5 Å². The molecule has 5 nitrogen and oxygen atoms in total. The summed E-state index contributed by atoms with van der Waals surface area (Å²) in [6.07, 6.45) is 19.4. The van der Waals surface area contributed by atoms with Gasteiger partial charge in [-0.1, -0.05) is 70.2 Å². The molecule has 2 aliphatic heterocycles. The van der Waals surface area contributed by atoms with Gasteiger partial charge in [0.15, 0.2) is 6.17 Å². The van der Waals surface area contributed by atoms with Crippen molar-refractivity contribution in [1.82, 2.24) is 15.6 Å². The molecule has 1 unspecified atom stereocenters. The van der Waals surface area contributed by atoms with Crippen LogP contribution >= 0.6 is 0 Å². The van der Waals surface area contributed by atoms with Gasteiger partial charge < -0.3 is 10.6 Å². The number of rotatable bonds is 7. The molecular formula is C24H31N5. The van der Waals surface area contributed by atoms with Crippen LogP contribution in [0.5, 0.6) is 0 Å². The Labute approximate surface area is 174 Å². The van der Waals surface area contributed by atoms with Gasteiger partial charge in [0.1, 0.15) is 11.7 Å². The summed E-state index contributed by atoms with van der Waals surface area (Å²) in [6.45, 7) is 10.8. The molecule has 2 N–H and O–H groups in total. The lowest BCUT2D eigenvalue weighted by Crippen LogP contribution is -2.38. The van der Waals surface area contributed by atoms with Crippen LogP contribution in [-0.4, -0.2) is 29.4 Å². The highest BCUT2D eigenvalue weighted by molar-refractivity contribution is 6.16. The molecule has 152 valence electrons. The molecule has 0 saturated carbocycles. The average molecular weight is 390 g/mol. The predicted molar refractivity (Wildman–Crippen MR) is 124 cm³/mol. The lowest BCUT2D eigenvalue weighted by molar-refractivity contribution is 0.789. The maximum Gasteiger partial charge on any atom is 0.171 e. The summed E-state index contributed by atoms with van der Waals surface area (Å²) in [4.78, 5) is 13.9. The van der Waals surface area contributed by atoms with E-state index in [1.807, 2.05) is 50.5 Å². The molecule has 29 heavy (non-hydrogen) atoms. The van der Waals surface area contributed by atoms with E-state index in [1.54, 1.807) is 12.3 Å². The van der Waals surface area contributed by atoms with Crippen LogP contribution in [0.4, 0.5) is 0 Å². The minimum atomic E-state index is -0.303. The van der Waals surface area contributed by atoms with Gasteiger partial charge in [0.25, 0.3) is 0 Å². The lowest BCUT2D eigenvalue weighted by atomic mass is 10.1. The molecule has 0 bridgehead atoms. The van der Waals surface area contributed by atoms with Gasteiger partial charge in [-0.05, 0) is 18.6 Å². The van der Waals surface area contributed by atoms with Crippen molar-refractivity contribution in [3.63, 3.8) is 0 Å². The van der Waals surface area contributed by atoms with Crippen LogP contribution in [0, 0.1) is 0 Å². The first-order valence-corrected chi connectivity index (χ1v) is 10.2. The van der Waals surface area contributed by atoms with E-state index >= 15 is 0 Å². The van der Waals surface area contributed by atoms with Crippen LogP contribution in [0.25, 0.3) is 0 Å². The summed E-state index contributed by atoms with van der Waals surface area (Å²) in [5.74, 6) is 1.58. The van der Waals surface area contributed by atoms with Crippen LogP contribution < -0.4 is 10.6 Å². The molecular weight excluding hydrogens is 358 g/mol. The second kappa shape index (κ2) is 12.3. The van der Waals surface area contributed by atoms with Crippen molar-refractivity contribution in [2.24, 2.45) is 9.98 Å². The molecule has 0 amide bonds. The van der Waals surface area contributed by atoms with Crippen molar-refractivity contribution < 1.29 is 0 Å². The summed E-state index contributed by atoms with van der Waals surface area (Å²) in [7, 11) is 0. The Hall–Kier alpha value is -3.21. The van der Waals surface area contributed by atoms with E-state index in [9.17, 15) is 0 Å². The fraction of sp³-hybridized carbons (Fsp3) is 0.292. The third kappa shape index (κ3) is 6.42. The van der Waals surface area contributed by atoms with E-state index < -0.39 is 0 Å². The van der Waals surface area contributed by atoms with Gasteiger partial charge in [-0.2, -0.15) is 0 Å². The smallest absolute Gasteiger partial charge is 0.171 e. The topological polar surface area (TPSA) is 61.7 Å². The van der Waals surface area contributed by atoms with E-state index in [0.29, 0.717) is 0 Å². The molecule has 3 rings (SSSR count). The van der Waals surface area contributed by atoms with E-state index in [1.165, 1.54) is 0 Å². The number of pyridine rings is 1. The van der Waals surface area contributed by atoms with Crippen LogP contribution in [0.3, 0.4) is 0 Å². The highest BCUT2D eigenvalue weighted by Gasteiger charge is 2.22. The zero-order valence-corrected chi connectivity index (χ0v) is 17.6. The second-order valence-electron chi connectivity index (χ2n) is 6.19. The number of aromatic nitrogens is 1. The molecule has 0 saturated heterocycles. The van der Waals surface area contributed by atoms with Crippen molar-refractivity contribution in [3.8, 4) is 0 Å². The monoisotopic (exact) mass is 389 g/mol. The Balaban J connectivity index is 0.00000145. The lowest BCUT2D eigenvalue weighted by Gasteiger charge is -2.24. The van der Waals surface area contributed by atoms with Crippen molar-refractivity contribution >= 4 is 11.7 Å². The van der Waals surface area contributed by atoms with Crippen LogP contribution in [0.1, 0.15) is 39.2 Å². The molecule has 3 heterocycles. The molecule has 0 aromatic carbocycles. The Kier molecular flexibility index (Phi) is 9.36. The number of aliphatic imine (C=N–C) groups is 2. The Morgan fingerprint density at radius 2 is 2.17 bits per heavy atom. The number of allylic oxidation sites excluding steroid dienone is 3. The zero-order valence-electron chi connectivity index (χ0n) is 17.6. The summed E-state index contributed by atoms with van der Waals surface area (Å²) >= 11 is 0. The molecule has 5 heteroatoms. The van der Waals surface area contributed by atoms with E-state index in [2.05, 4.69) is 47.3 Å². The van der Waals surface area contributed by atoms with Gasteiger partial charge in [-0.15, -0.1) is 0 Å². The molecule has 1 aromatic rings. The van der Waals surface area contributed by atoms with Crippen molar-refractivity contribution in [1.29, 1.82) is 0 Å². The molecule has 0 aliphatic carbocycles. The molecule has 0 radical (unpaired) electrons. The summed E-state index contributed by atoms with van der Waals surface area (Å²) in [5.41, 5.74) is 3.00. The van der Waals surface area contributed by atoms with Gasteiger partial charge in [0.2, 0.25) is 0 Å². The fourth-order valence-electron chi connectivity index (χ4n) is 2.76. The van der Waals surface area contributed by atoms with E-state index in [4.69, 9.17) is 9.98 Å². The molecule has 2 aliphatic rings. The number of hydrogen-bond donors (Lipinski definition) is 2. The van der Waals surface area contributed by atoms with Crippen LogP contribution in [-0.2, 0) is 0 Å². The summed E-state index contributed by atoms with van der Waals surface area (Å²) in [5, 5.41) is 6.63. The van der Waals surface area contributed by atoms with E-state index in [0.717, 1.165) is 47.8 Å². The van der Waals surface area contributed by atoms with Crippen molar-refractivity contribution in [2.75, 3.05) is 6.54 Å². The van der Waals surface area contributed by atoms with Crippen molar-refractivity contribution in [2.45, 2.75) is 39.8 Å². The Bertz CT molecular complexity index is 841. The Morgan fingerprint density at radius 3 is 2.83 bits per heavy atom. The first-order valence-electron chi connectivity index (χ1n) is 10.2. The minimum Gasteiger partial charge on any atom is -0.387 e. The van der Waals surface area contributed by atoms with Crippen LogP contribution in [0.2, 0.25) is 0 Å². The normalized spacial score (nSPS) is 18.5. The predicted octanol–water partition coefficient (Wildman–Crippen LogP) is 4.69. The van der Waals surface area contributed by atoms with Crippen LogP contribution in [0.15, 0.2) is 94.9 Å². The maximum absolute atomic E-state index is 4.87. The quantitative estimate of drug-likeness (QED) is 0.665. The standard InChI is InChI=1S/C22H25N5.C2H6/c1-3-5-9-17(10-6-4-2)20-25-21(18-11-7-13-23-15-18)27-22(26-20)19-12-8-14-24-16-19;1-2/h3,5,7-13,15-16,22,24H,1,4,6,14H2,2H3,(H,25,26,27);1-2H3/b9-5-,17-10+;. The largest absolute Gasteiger partial charge is 0.387 e. The highest BCUT2D eigenvalue weighted by atomic mass is 15.2. The molecule has 1 atom stereocenters. The highest BCUT2D eigenvalue weighted by Crippen LogP contribution is 2.19. The van der Waals surface area contributed by atoms with Gasteiger partial charge in [-0.3, -0.25) is 4.98 Å². The average Bonchev–Trinajstić information content (AvgIpc) is 2.81. The number of nitrogens with one attached hydrogen (secondary N) is 2. The number of unbranched alkanes of at least 4 members (excludes halogenated alkanes) is 1. The first kappa shape index (κ1) is 22.1. The van der Waals surface area contributed by atoms with Gasteiger partial charge in [0, 0.05) is 41.8 Å². The molecule has 0 spiro atoms. The van der Waals surface area contributed by atoms with Gasteiger partial charge in [-0.25, -0.2) is 9.98 Å². The second-order valence-corrected chi connectivity index (χ2v) is 6.19. The number of nitrogens with zero attached hydrogens (tertiary/aromatic N) is 3. The Morgan fingerprint density at radius 1 is 1.31 bits per heavy atom. The van der Waals surface area contributed by atoms with E-state index in [-0.39, 0.29) is 6.17 Å². The SMILES string of the molecule is C=C/C=C\C(=C/CCC)C1=NC(C2=CNCC=C2)N=C(c2cccnc2)N1.CC. The minimum absolute atomic E-state index is 0.303. The molecule has 1 aromatic heterocycles. The summed E-state index contributed by atoms with van der Waals surface area (Å²) in [6, 6.07) is 3.91. The maximum atomic E-state index is 4.87. The third-order valence-corrected chi connectivity index (χ3v) is 4.13. The third-order valence-electron chi connectivity index (χ3n) is 4.13. The van der Waals surface area contributed by atoms with Gasteiger partial charge >= 0.3 is 0 Å². The molecule has 0 fully saturated rings. The number of hydrogen-bond acceptors (Lipinski definition) is 5. The fourth-order valence-corrected chi connectivity index (χ4v) is 2.76. The first-order chi connectivity index (χ1) is 14.3. The number of dihydropyridines is 1. The van der Waals surface area contributed by atoms with Gasteiger partial charge in [0.05, 0.1) is 0 Å².